The molecule has 0 saturated heterocycles. The number of hydrogen-bond acceptors (Lipinski definition) is 1. The van der Waals surface area contributed by atoms with Crippen molar-refractivity contribution in [3.63, 3.8) is 0 Å². The van der Waals surface area contributed by atoms with Crippen LogP contribution in [0.5, 0.6) is 0 Å². The Balaban J connectivity index is 2.19. The molecule has 1 aliphatic carbocycles. The lowest BCUT2D eigenvalue weighted by Crippen LogP contribution is -2.20. The minimum atomic E-state index is 0.274. The molecular formula is C13H19N. The Morgan fingerprint density at radius 3 is 2.64 bits per heavy atom. The van der Waals surface area contributed by atoms with Crippen LogP contribution in [0.1, 0.15) is 43.2 Å². The van der Waals surface area contributed by atoms with Gasteiger partial charge in [0.2, 0.25) is 0 Å². The summed E-state index contributed by atoms with van der Waals surface area (Å²) in [6.07, 6.45) is 5.16. The topological polar surface area (TPSA) is 26.0 Å². The second-order valence-corrected chi connectivity index (χ2v) is 4.51. The molecule has 0 spiro atoms. The van der Waals surface area contributed by atoms with Crippen LogP contribution in [0.25, 0.3) is 0 Å². The fourth-order valence-corrected chi connectivity index (χ4v) is 2.18. The molecule has 1 atom stereocenters. The summed E-state index contributed by atoms with van der Waals surface area (Å²) in [5.41, 5.74) is 8.87. The zero-order valence-electron chi connectivity index (χ0n) is 8.87. The quantitative estimate of drug-likeness (QED) is 0.777. The van der Waals surface area contributed by atoms with E-state index in [9.17, 15) is 0 Å². The number of hydrogen-bond donors (Lipinski definition) is 1. The lowest BCUT2D eigenvalue weighted by atomic mass is 9.77. The lowest BCUT2D eigenvalue weighted by Gasteiger charge is -2.28. The highest BCUT2D eigenvalue weighted by molar-refractivity contribution is 5.32. The lowest BCUT2D eigenvalue weighted by molar-refractivity contribution is 0.416. The Labute approximate surface area is 86.3 Å². The summed E-state index contributed by atoms with van der Waals surface area (Å²) in [7, 11) is 0. The minimum Gasteiger partial charge on any atom is -0.328 e. The Morgan fingerprint density at radius 1 is 1.36 bits per heavy atom. The second-order valence-electron chi connectivity index (χ2n) is 4.51. The maximum absolute atomic E-state index is 5.85. The van der Waals surface area contributed by atoms with Gasteiger partial charge in [0.25, 0.3) is 0 Å². The van der Waals surface area contributed by atoms with Crippen LogP contribution in [0.2, 0.25) is 0 Å². The van der Waals surface area contributed by atoms with Crippen LogP contribution < -0.4 is 5.73 Å². The molecule has 0 aliphatic heterocycles. The third-order valence-corrected chi connectivity index (χ3v) is 3.14. The van der Waals surface area contributed by atoms with E-state index in [1.807, 2.05) is 0 Å². The Morgan fingerprint density at radius 2 is 2.07 bits per heavy atom. The maximum atomic E-state index is 5.85. The predicted molar refractivity (Wildman–Crippen MR) is 60.4 cm³/mol. The molecule has 0 aromatic heterocycles. The Kier molecular flexibility index (Phi) is 2.87. The van der Waals surface area contributed by atoms with Crippen LogP contribution in [0.4, 0.5) is 0 Å². The molecule has 1 nitrogen and oxygen atoms in total. The first-order chi connectivity index (χ1) is 6.77. The summed E-state index contributed by atoms with van der Waals surface area (Å²) in [4.78, 5) is 0. The first kappa shape index (κ1) is 9.72. The van der Waals surface area contributed by atoms with Crippen LogP contribution in [0, 0.1) is 0 Å². The van der Waals surface area contributed by atoms with Crippen LogP contribution >= 0.6 is 0 Å². The van der Waals surface area contributed by atoms with Gasteiger partial charge in [0, 0.05) is 6.04 Å². The molecule has 2 rings (SSSR count). The molecule has 1 aromatic rings. The first-order valence-corrected chi connectivity index (χ1v) is 5.61. The fraction of sp³-hybridized carbons (Fsp3) is 0.538. The molecule has 0 bridgehead atoms. The second kappa shape index (κ2) is 4.14. The summed E-state index contributed by atoms with van der Waals surface area (Å²) in [5.74, 6) is 0.824. The van der Waals surface area contributed by atoms with Gasteiger partial charge < -0.3 is 5.73 Å². The van der Waals surface area contributed by atoms with Crippen molar-refractivity contribution < 1.29 is 0 Å². The van der Waals surface area contributed by atoms with Crippen molar-refractivity contribution in [1.29, 1.82) is 0 Å². The van der Waals surface area contributed by atoms with Crippen molar-refractivity contribution in [2.45, 2.75) is 44.6 Å². The van der Waals surface area contributed by atoms with Crippen molar-refractivity contribution in [3.8, 4) is 0 Å². The van der Waals surface area contributed by atoms with E-state index in [1.165, 1.54) is 24.8 Å². The van der Waals surface area contributed by atoms with Gasteiger partial charge in [0.05, 0.1) is 0 Å². The van der Waals surface area contributed by atoms with Gasteiger partial charge in [-0.15, -0.1) is 0 Å². The maximum Gasteiger partial charge on any atom is 0.00510 e. The third-order valence-electron chi connectivity index (χ3n) is 3.14. The average molecular weight is 189 g/mol. The zero-order chi connectivity index (χ0) is 9.97. The van der Waals surface area contributed by atoms with Crippen molar-refractivity contribution in [2.24, 2.45) is 5.73 Å². The van der Waals surface area contributed by atoms with E-state index in [0.29, 0.717) is 0 Å². The van der Waals surface area contributed by atoms with Gasteiger partial charge >= 0.3 is 0 Å². The molecule has 1 aromatic carbocycles. The molecule has 0 radical (unpaired) electrons. The number of nitrogens with two attached hydrogens (primary N) is 1. The third kappa shape index (κ3) is 1.98. The van der Waals surface area contributed by atoms with Crippen molar-refractivity contribution in [1.82, 2.24) is 0 Å². The molecule has 1 aliphatic rings. The highest BCUT2D eigenvalue weighted by Crippen LogP contribution is 2.38. The van der Waals surface area contributed by atoms with E-state index >= 15 is 0 Å². The molecule has 0 heterocycles. The largest absolute Gasteiger partial charge is 0.328 e. The molecule has 1 unspecified atom stereocenters. The van der Waals surface area contributed by atoms with Crippen molar-refractivity contribution in [2.75, 3.05) is 0 Å². The van der Waals surface area contributed by atoms with Gasteiger partial charge in [0.15, 0.2) is 0 Å². The van der Waals surface area contributed by atoms with Gasteiger partial charge in [-0.25, -0.2) is 0 Å². The van der Waals surface area contributed by atoms with Crippen LogP contribution in [-0.2, 0) is 6.42 Å². The minimum absolute atomic E-state index is 0.274. The zero-order valence-corrected chi connectivity index (χ0v) is 8.87. The standard InChI is InChI=1S/C13H19N/c1-10(14)9-12-5-2-3-8-13(12)11-6-4-7-11/h2-3,5,8,10-11H,4,6-7,9,14H2,1H3. The predicted octanol–water partition coefficient (Wildman–Crippen LogP) is 2.84. The Hall–Kier alpha value is -0.820. The van der Waals surface area contributed by atoms with Crippen molar-refractivity contribution in [3.05, 3.63) is 35.4 Å². The number of benzene rings is 1. The summed E-state index contributed by atoms with van der Waals surface area (Å²) in [6.45, 7) is 2.08. The van der Waals surface area contributed by atoms with E-state index in [4.69, 9.17) is 5.73 Å². The SMILES string of the molecule is CC(N)Cc1ccccc1C1CCC1. The van der Waals surface area contributed by atoms with Crippen LogP contribution in [-0.4, -0.2) is 6.04 Å². The van der Waals surface area contributed by atoms with E-state index in [-0.39, 0.29) is 6.04 Å². The molecule has 1 saturated carbocycles. The molecular weight excluding hydrogens is 170 g/mol. The van der Waals surface area contributed by atoms with E-state index < -0.39 is 0 Å². The van der Waals surface area contributed by atoms with Crippen molar-refractivity contribution >= 4 is 0 Å². The molecule has 2 N–H and O–H groups in total. The smallest absolute Gasteiger partial charge is 0.00510 e. The van der Waals surface area contributed by atoms with E-state index in [2.05, 4.69) is 31.2 Å². The Bertz CT molecular complexity index is 300. The highest BCUT2D eigenvalue weighted by atomic mass is 14.6. The molecule has 76 valence electrons. The monoisotopic (exact) mass is 189 g/mol. The number of rotatable bonds is 3. The fourth-order valence-electron chi connectivity index (χ4n) is 2.18. The average Bonchev–Trinajstić information content (AvgIpc) is 2.04. The summed E-state index contributed by atoms with van der Waals surface area (Å²) >= 11 is 0. The van der Waals surface area contributed by atoms with E-state index in [0.717, 1.165) is 12.3 Å². The summed E-state index contributed by atoms with van der Waals surface area (Å²) in [6, 6.07) is 9.06. The molecule has 14 heavy (non-hydrogen) atoms. The van der Waals surface area contributed by atoms with Gasteiger partial charge in [-0.2, -0.15) is 0 Å². The summed E-state index contributed by atoms with van der Waals surface area (Å²) in [5, 5.41) is 0. The normalized spacial score (nSPS) is 19.0. The molecule has 0 amide bonds. The first-order valence-electron chi connectivity index (χ1n) is 5.61. The van der Waals surface area contributed by atoms with Gasteiger partial charge in [-0.1, -0.05) is 30.7 Å². The van der Waals surface area contributed by atoms with Crippen LogP contribution in [0.15, 0.2) is 24.3 Å². The summed E-state index contributed by atoms with van der Waals surface area (Å²) < 4.78 is 0. The molecule has 1 fully saturated rings. The molecule has 1 heteroatoms. The van der Waals surface area contributed by atoms with Gasteiger partial charge in [0.1, 0.15) is 0 Å². The van der Waals surface area contributed by atoms with Gasteiger partial charge in [-0.3, -0.25) is 0 Å². The highest BCUT2D eigenvalue weighted by Gasteiger charge is 2.21. The van der Waals surface area contributed by atoms with Gasteiger partial charge in [-0.05, 0) is 43.2 Å². The van der Waals surface area contributed by atoms with E-state index in [1.54, 1.807) is 5.56 Å². The van der Waals surface area contributed by atoms with Crippen LogP contribution in [0.3, 0.4) is 0 Å².